The maximum Gasteiger partial charge on any atom is 0.515 e. The van der Waals surface area contributed by atoms with E-state index in [9.17, 15) is 19.2 Å². The van der Waals surface area contributed by atoms with Gasteiger partial charge in [0, 0.05) is 17.8 Å². The first kappa shape index (κ1) is 19.9. The predicted molar refractivity (Wildman–Crippen MR) is 97.1 cm³/mol. The predicted octanol–water partition coefficient (Wildman–Crippen LogP) is 2.40. The molecule has 0 aromatic rings. The Morgan fingerprint density at radius 3 is 2.52 bits per heavy atom. The smallest absolute Gasteiger partial charge is 0.468 e. The normalized spacial score (nSPS) is 44.3. The fourth-order valence-electron chi connectivity index (χ4n) is 6.34. The molecular formula is C21H26O8. The summed E-state index contributed by atoms with van der Waals surface area (Å²) in [6.07, 6.45) is 4.86. The molecule has 2 saturated carbocycles. The van der Waals surface area contributed by atoms with Gasteiger partial charge in [-0.3, -0.25) is 14.4 Å². The van der Waals surface area contributed by atoms with Gasteiger partial charge in [-0.05, 0) is 31.1 Å². The van der Waals surface area contributed by atoms with Crippen LogP contribution in [-0.4, -0.2) is 43.9 Å². The summed E-state index contributed by atoms with van der Waals surface area (Å²) in [4.78, 5) is 49.1. The zero-order valence-electron chi connectivity index (χ0n) is 17.1. The molecule has 2 bridgehead atoms. The fraction of sp³-hybridized carbons (Fsp3) is 0.714. The van der Waals surface area contributed by atoms with Crippen LogP contribution in [0.25, 0.3) is 0 Å². The van der Waals surface area contributed by atoms with Gasteiger partial charge >= 0.3 is 24.1 Å². The lowest BCUT2D eigenvalue weighted by atomic mass is 9.54. The minimum absolute atomic E-state index is 0.0196. The van der Waals surface area contributed by atoms with E-state index in [0.717, 1.165) is 7.11 Å². The monoisotopic (exact) mass is 406 g/mol. The van der Waals surface area contributed by atoms with E-state index in [4.69, 9.17) is 14.2 Å². The largest absolute Gasteiger partial charge is 0.515 e. The number of hydrogen-bond donors (Lipinski definition) is 0. The average Bonchev–Trinajstić information content (AvgIpc) is 3.14. The van der Waals surface area contributed by atoms with Crippen LogP contribution < -0.4 is 0 Å². The van der Waals surface area contributed by atoms with E-state index in [1.807, 2.05) is 19.9 Å². The summed E-state index contributed by atoms with van der Waals surface area (Å²) in [6, 6.07) is 0. The number of esters is 3. The van der Waals surface area contributed by atoms with E-state index in [-0.39, 0.29) is 17.8 Å². The molecule has 8 nitrogen and oxygen atoms in total. The molecule has 0 aromatic carbocycles. The maximum absolute atomic E-state index is 12.8. The van der Waals surface area contributed by atoms with Crippen LogP contribution in [0.5, 0.6) is 0 Å². The number of carbonyl (C=O) groups is 4. The molecular weight excluding hydrogens is 380 g/mol. The van der Waals surface area contributed by atoms with Crippen LogP contribution in [-0.2, 0) is 33.3 Å². The van der Waals surface area contributed by atoms with E-state index in [1.165, 1.54) is 7.11 Å². The third kappa shape index (κ3) is 2.50. The van der Waals surface area contributed by atoms with Crippen LogP contribution in [0.2, 0.25) is 0 Å². The number of methoxy groups -OCH3 is 2. The topological polar surface area (TPSA) is 105 Å². The zero-order valence-corrected chi connectivity index (χ0v) is 17.1. The van der Waals surface area contributed by atoms with Crippen molar-refractivity contribution in [2.75, 3.05) is 14.2 Å². The Hall–Kier alpha value is -2.38. The summed E-state index contributed by atoms with van der Waals surface area (Å²) in [6.45, 7) is 3.96. The van der Waals surface area contributed by atoms with Crippen LogP contribution in [0.1, 0.15) is 39.5 Å². The Morgan fingerprint density at radius 2 is 1.86 bits per heavy atom. The maximum atomic E-state index is 12.8. The second-order valence-corrected chi connectivity index (χ2v) is 9.18. The van der Waals surface area contributed by atoms with Crippen molar-refractivity contribution in [2.24, 2.45) is 34.5 Å². The van der Waals surface area contributed by atoms with E-state index >= 15 is 0 Å². The SMILES string of the molecule is COC(=O)OC(=O)C1C[C@H]2C=C[C@]3(C)C[C@]4(C(=O)OC)CC3(OC4=O)[C@@H]2CC1C. The molecule has 4 aliphatic rings. The lowest BCUT2D eigenvalue weighted by molar-refractivity contribution is -0.193. The van der Waals surface area contributed by atoms with Crippen molar-refractivity contribution >= 4 is 24.1 Å². The molecule has 0 N–H and O–H groups in total. The van der Waals surface area contributed by atoms with Crippen LogP contribution in [0.15, 0.2) is 12.2 Å². The van der Waals surface area contributed by atoms with Gasteiger partial charge in [0.05, 0.1) is 20.1 Å². The lowest BCUT2D eigenvalue weighted by Gasteiger charge is -2.54. The molecule has 0 aromatic heterocycles. The molecule has 1 saturated heterocycles. The highest BCUT2D eigenvalue weighted by atomic mass is 16.7. The fourth-order valence-corrected chi connectivity index (χ4v) is 6.34. The number of carbonyl (C=O) groups excluding carboxylic acids is 4. The summed E-state index contributed by atoms with van der Waals surface area (Å²) in [7, 11) is 2.44. The number of rotatable bonds is 2. The standard InChI is InChI=1S/C21H26O8/c1-11-7-14-12(8-13(11)15(22)28-18(25)27-4)5-6-19(2)9-20(16(23)26-3)10-21(14,19)29-17(20)24/h5-6,11-14H,7-10H2,1-4H3/t11?,12-,13?,14-,19-,20-,21?/m1/s1. The highest BCUT2D eigenvalue weighted by molar-refractivity contribution is 6.03. The Balaban J connectivity index is 1.64. The van der Waals surface area contributed by atoms with E-state index in [1.54, 1.807) is 0 Å². The molecule has 1 heterocycles. The van der Waals surface area contributed by atoms with Gasteiger partial charge in [0.2, 0.25) is 0 Å². The highest BCUT2D eigenvalue weighted by Crippen LogP contribution is 2.70. The molecule has 0 amide bonds. The summed E-state index contributed by atoms with van der Waals surface area (Å²) in [5.74, 6) is -2.21. The molecule has 1 aliphatic heterocycles. The Labute approximate surface area is 168 Å². The van der Waals surface area contributed by atoms with Gasteiger partial charge in [0.25, 0.3) is 0 Å². The molecule has 8 heteroatoms. The molecule has 7 atom stereocenters. The molecule has 1 spiro atoms. The van der Waals surface area contributed by atoms with Crippen LogP contribution >= 0.6 is 0 Å². The third-order valence-corrected chi connectivity index (χ3v) is 7.76. The van der Waals surface area contributed by atoms with Crippen LogP contribution in [0.3, 0.4) is 0 Å². The van der Waals surface area contributed by atoms with Crippen molar-refractivity contribution in [1.82, 2.24) is 0 Å². The van der Waals surface area contributed by atoms with Crippen LogP contribution in [0, 0.1) is 34.5 Å². The molecule has 29 heavy (non-hydrogen) atoms. The molecule has 3 aliphatic carbocycles. The highest BCUT2D eigenvalue weighted by Gasteiger charge is 2.78. The first-order chi connectivity index (χ1) is 13.6. The number of ether oxygens (including phenoxy) is 4. The van der Waals surface area contributed by atoms with Gasteiger partial charge in [-0.2, -0.15) is 0 Å². The van der Waals surface area contributed by atoms with E-state index in [0.29, 0.717) is 25.7 Å². The Bertz CT molecular complexity index is 817. The lowest BCUT2D eigenvalue weighted by Crippen LogP contribution is -2.57. The van der Waals surface area contributed by atoms with Gasteiger partial charge in [0.1, 0.15) is 5.60 Å². The molecule has 3 fully saturated rings. The summed E-state index contributed by atoms with van der Waals surface area (Å²) >= 11 is 0. The van der Waals surface area contributed by atoms with Gasteiger partial charge in [0.15, 0.2) is 5.41 Å². The minimum atomic E-state index is -1.26. The molecule has 3 unspecified atom stereocenters. The molecule has 0 radical (unpaired) electrons. The summed E-state index contributed by atoms with van der Waals surface area (Å²) < 4.78 is 20.1. The van der Waals surface area contributed by atoms with Crippen molar-refractivity contribution in [1.29, 1.82) is 0 Å². The zero-order chi connectivity index (χ0) is 21.2. The van der Waals surface area contributed by atoms with Crippen molar-refractivity contribution in [3.8, 4) is 0 Å². The quantitative estimate of drug-likeness (QED) is 0.298. The van der Waals surface area contributed by atoms with Crippen LogP contribution in [0.4, 0.5) is 4.79 Å². The average molecular weight is 406 g/mol. The van der Waals surface area contributed by atoms with Crippen molar-refractivity contribution in [3.05, 3.63) is 12.2 Å². The van der Waals surface area contributed by atoms with Crippen molar-refractivity contribution in [3.63, 3.8) is 0 Å². The molecule has 158 valence electrons. The van der Waals surface area contributed by atoms with Gasteiger partial charge in [-0.25, -0.2) is 4.79 Å². The molecule has 4 rings (SSSR count). The van der Waals surface area contributed by atoms with Crippen molar-refractivity contribution in [2.45, 2.75) is 45.1 Å². The number of fused-ring (bicyclic) bond motifs is 2. The first-order valence-corrected chi connectivity index (χ1v) is 9.93. The number of allylic oxidation sites excluding steroid dienone is 1. The second-order valence-electron chi connectivity index (χ2n) is 9.18. The van der Waals surface area contributed by atoms with E-state index in [2.05, 4.69) is 10.8 Å². The third-order valence-electron chi connectivity index (χ3n) is 7.76. The summed E-state index contributed by atoms with van der Waals surface area (Å²) in [5.41, 5.74) is -2.51. The first-order valence-electron chi connectivity index (χ1n) is 9.93. The minimum Gasteiger partial charge on any atom is -0.468 e. The summed E-state index contributed by atoms with van der Waals surface area (Å²) in [5, 5.41) is 0. The Morgan fingerprint density at radius 1 is 1.14 bits per heavy atom. The second kappa shape index (κ2) is 6.31. The number of hydrogen-bond acceptors (Lipinski definition) is 8. The van der Waals surface area contributed by atoms with Gasteiger partial charge < -0.3 is 18.9 Å². The van der Waals surface area contributed by atoms with Gasteiger partial charge in [-0.15, -0.1) is 0 Å². The van der Waals surface area contributed by atoms with E-state index < -0.39 is 46.4 Å². The Kier molecular flexibility index (Phi) is 4.33. The van der Waals surface area contributed by atoms with Crippen molar-refractivity contribution < 1.29 is 38.1 Å². The van der Waals surface area contributed by atoms with Gasteiger partial charge in [-0.1, -0.05) is 26.0 Å².